The van der Waals surface area contributed by atoms with Gasteiger partial charge in [0.25, 0.3) is 0 Å². The van der Waals surface area contributed by atoms with Crippen LogP contribution in [0.4, 0.5) is 0 Å². The highest BCUT2D eigenvalue weighted by atomic mass is 33.1. The van der Waals surface area contributed by atoms with Crippen molar-refractivity contribution in [2.24, 2.45) is 5.92 Å². The molecule has 0 fully saturated rings. The molecule has 0 amide bonds. The molecule has 0 radical (unpaired) electrons. The third-order valence-corrected chi connectivity index (χ3v) is 5.50. The van der Waals surface area contributed by atoms with E-state index in [2.05, 4.69) is 26.0 Å². The predicted octanol–water partition coefficient (Wildman–Crippen LogP) is 3.91. The highest BCUT2D eigenvalue weighted by Gasteiger charge is 2.16. The molecule has 124 valence electrons. The molecule has 1 rings (SSSR count). The van der Waals surface area contributed by atoms with Gasteiger partial charge in [-0.25, -0.2) is 0 Å². The molecule has 0 saturated heterocycles. The summed E-state index contributed by atoms with van der Waals surface area (Å²) in [6, 6.07) is 8.24. The zero-order valence-corrected chi connectivity index (χ0v) is 15.2. The summed E-state index contributed by atoms with van der Waals surface area (Å²) in [7, 11) is 3.21. The zero-order chi connectivity index (χ0) is 16.4. The first-order valence-electron chi connectivity index (χ1n) is 7.65. The Labute approximate surface area is 141 Å². The van der Waals surface area contributed by atoms with Gasteiger partial charge in [0.15, 0.2) is 0 Å². The lowest BCUT2D eigenvalue weighted by Gasteiger charge is -2.13. The molecular weight excluding hydrogens is 316 g/mol. The van der Waals surface area contributed by atoms with Crippen LogP contribution in [0, 0.1) is 5.92 Å². The molecule has 0 aliphatic heterocycles. The van der Waals surface area contributed by atoms with Gasteiger partial charge >= 0.3 is 5.97 Å². The van der Waals surface area contributed by atoms with Gasteiger partial charge in [0.05, 0.1) is 12.5 Å². The maximum absolute atomic E-state index is 12.0. The van der Waals surface area contributed by atoms with Crippen LogP contribution in [0.5, 0.6) is 0 Å². The molecule has 1 aromatic carbocycles. The molecule has 0 spiro atoms. The van der Waals surface area contributed by atoms with E-state index in [4.69, 9.17) is 9.84 Å². The number of carbonyl (C=O) groups excluding carboxylic acids is 1. The van der Waals surface area contributed by atoms with E-state index in [0.29, 0.717) is 18.3 Å². The Hall–Kier alpha value is -0.650. The van der Waals surface area contributed by atoms with Crippen molar-refractivity contribution < 1.29 is 14.6 Å². The second-order valence-corrected chi connectivity index (χ2v) is 8.30. The molecule has 1 aromatic rings. The first-order valence-corrected chi connectivity index (χ1v) is 10.1. The summed E-state index contributed by atoms with van der Waals surface area (Å²) in [5.74, 6) is 1.68. The highest BCUT2D eigenvalue weighted by Crippen LogP contribution is 2.21. The van der Waals surface area contributed by atoms with Crippen molar-refractivity contribution >= 4 is 27.6 Å². The van der Waals surface area contributed by atoms with Gasteiger partial charge in [-0.05, 0) is 30.4 Å². The normalized spacial score (nSPS) is 12.4. The molecular formula is C17H26O3S2. The van der Waals surface area contributed by atoms with Crippen LogP contribution in [-0.4, -0.2) is 35.8 Å². The summed E-state index contributed by atoms with van der Waals surface area (Å²) < 4.78 is 5.30. The molecule has 0 unspecified atom stereocenters. The van der Waals surface area contributed by atoms with E-state index in [0.717, 1.165) is 17.7 Å². The van der Waals surface area contributed by atoms with Crippen LogP contribution < -0.4 is 0 Å². The summed E-state index contributed by atoms with van der Waals surface area (Å²) in [6.07, 6.45) is 1.06. The number of ether oxygens (including phenoxy) is 1. The fourth-order valence-corrected chi connectivity index (χ4v) is 3.60. The van der Waals surface area contributed by atoms with Crippen LogP contribution in [0.1, 0.15) is 37.8 Å². The average Bonchev–Trinajstić information content (AvgIpc) is 2.50. The van der Waals surface area contributed by atoms with Gasteiger partial charge in [-0.15, -0.1) is 0 Å². The van der Waals surface area contributed by atoms with Crippen LogP contribution in [0.3, 0.4) is 0 Å². The number of hydrogen-bond donors (Lipinski definition) is 1. The van der Waals surface area contributed by atoms with E-state index in [-0.39, 0.29) is 18.5 Å². The van der Waals surface area contributed by atoms with E-state index >= 15 is 0 Å². The molecule has 0 aromatic heterocycles. The van der Waals surface area contributed by atoms with E-state index < -0.39 is 0 Å². The SMILES string of the molecule is CC(C)Cc1ccc([C@H](C)C(=O)OCCSSCCO)cc1. The van der Waals surface area contributed by atoms with E-state index in [1.54, 1.807) is 21.6 Å². The largest absolute Gasteiger partial charge is 0.464 e. The summed E-state index contributed by atoms with van der Waals surface area (Å²) in [5, 5.41) is 8.66. The van der Waals surface area contributed by atoms with Crippen molar-refractivity contribution in [2.45, 2.75) is 33.1 Å². The monoisotopic (exact) mass is 342 g/mol. The Bertz CT molecular complexity index is 432. The van der Waals surface area contributed by atoms with Gasteiger partial charge in [-0.3, -0.25) is 4.79 Å². The number of carbonyl (C=O) groups is 1. The minimum Gasteiger partial charge on any atom is -0.464 e. The van der Waals surface area contributed by atoms with Crippen LogP contribution >= 0.6 is 21.6 Å². The number of benzene rings is 1. The van der Waals surface area contributed by atoms with Gasteiger partial charge < -0.3 is 9.84 Å². The van der Waals surface area contributed by atoms with Crippen LogP contribution in [0.2, 0.25) is 0 Å². The van der Waals surface area contributed by atoms with Crippen molar-refractivity contribution in [1.82, 2.24) is 0 Å². The number of aliphatic hydroxyl groups excluding tert-OH is 1. The molecule has 0 heterocycles. The summed E-state index contributed by atoms with van der Waals surface area (Å²) in [4.78, 5) is 12.0. The van der Waals surface area contributed by atoms with Crippen molar-refractivity contribution in [3.63, 3.8) is 0 Å². The van der Waals surface area contributed by atoms with Gasteiger partial charge in [-0.1, -0.05) is 59.7 Å². The lowest BCUT2D eigenvalue weighted by Crippen LogP contribution is -2.14. The Balaban J connectivity index is 2.36. The molecule has 5 heteroatoms. The van der Waals surface area contributed by atoms with E-state index in [1.165, 1.54) is 5.56 Å². The molecule has 0 bridgehead atoms. The molecule has 0 aliphatic carbocycles. The summed E-state index contributed by atoms with van der Waals surface area (Å²) >= 11 is 0. The Kier molecular flexibility index (Phi) is 9.68. The van der Waals surface area contributed by atoms with Crippen molar-refractivity contribution in [2.75, 3.05) is 24.7 Å². The first-order chi connectivity index (χ1) is 10.5. The third-order valence-electron chi connectivity index (χ3n) is 3.15. The maximum atomic E-state index is 12.0. The minimum atomic E-state index is -0.233. The molecule has 0 aliphatic rings. The number of aliphatic hydroxyl groups is 1. The van der Waals surface area contributed by atoms with Crippen LogP contribution in [0.15, 0.2) is 24.3 Å². The summed E-state index contributed by atoms with van der Waals surface area (Å²) in [6.45, 7) is 6.88. The lowest BCUT2D eigenvalue weighted by atomic mass is 9.97. The van der Waals surface area contributed by atoms with Crippen molar-refractivity contribution in [3.8, 4) is 0 Å². The fourth-order valence-electron chi connectivity index (χ4n) is 2.01. The number of rotatable bonds is 10. The molecule has 1 N–H and O–H groups in total. The molecule has 22 heavy (non-hydrogen) atoms. The van der Waals surface area contributed by atoms with E-state index in [9.17, 15) is 4.79 Å². The topological polar surface area (TPSA) is 46.5 Å². The molecule has 1 atom stereocenters. The van der Waals surface area contributed by atoms with Crippen molar-refractivity contribution in [3.05, 3.63) is 35.4 Å². The second kappa shape index (κ2) is 11.0. The lowest BCUT2D eigenvalue weighted by molar-refractivity contribution is -0.144. The van der Waals surface area contributed by atoms with Crippen molar-refractivity contribution in [1.29, 1.82) is 0 Å². The van der Waals surface area contributed by atoms with Crippen LogP contribution in [-0.2, 0) is 16.0 Å². The average molecular weight is 343 g/mol. The smallest absolute Gasteiger partial charge is 0.313 e. The molecule has 3 nitrogen and oxygen atoms in total. The molecule has 0 saturated carbocycles. The standard InChI is InChI=1S/C17H26O3S2/c1-13(2)12-15-4-6-16(7-5-15)14(3)17(19)20-9-11-22-21-10-8-18/h4-7,13-14,18H,8-12H2,1-3H3/t14-/m0/s1. The number of hydrogen-bond acceptors (Lipinski definition) is 5. The fraction of sp³-hybridized carbons (Fsp3) is 0.588. The Morgan fingerprint density at radius 1 is 1.14 bits per heavy atom. The third kappa shape index (κ3) is 7.56. The van der Waals surface area contributed by atoms with Gasteiger partial charge in [0.2, 0.25) is 0 Å². The Morgan fingerprint density at radius 3 is 2.36 bits per heavy atom. The predicted molar refractivity (Wildman–Crippen MR) is 96.4 cm³/mol. The van der Waals surface area contributed by atoms with Gasteiger partial charge in [-0.2, -0.15) is 0 Å². The maximum Gasteiger partial charge on any atom is 0.313 e. The second-order valence-electron chi connectivity index (χ2n) is 5.60. The van der Waals surface area contributed by atoms with Gasteiger partial charge in [0, 0.05) is 11.5 Å². The highest BCUT2D eigenvalue weighted by molar-refractivity contribution is 8.76. The van der Waals surface area contributed by atoms with Gasteiger partial charge in [0.1, 0.15) is 6.61 Å². The quantitative estimate of drug-likeness (QED) is 0.397. The van der Waals surface area contributed by atoms with Crippen LogP contribution in [0.25, 0.3) is 0 Å². The Morgan fingerprint density at radius 2 is 1.77 bits per heavy atom. The summed E-state index contributed by atoms with van der Waals surface area (Å²) in [5.41, 5.74) is 2.30. The van der Waals surface area contributed by atoms with E-state index in [1.807, 2.05) is 19.1 Å². The zero-order valence-electron chi connectivity index (χ0n) is 13.6. The minimum absolute atomic E-state index is 0.177. The first kappa shape index (κ1) is 19.4. The number of esters is 1.